The molecule has 1 N–H and O–H groups in total. The molecule has 1 atom stereocenters. The van der Waals surface area contributed by atoms with E-state index >= 15 is 8.78 Å². The van der Waals surface area contributed by atoms with E-state index in [-0.39, 0.29) is 33.0 Å². The number of phosphoric ester groups is 1. The van der Waals surface area contributed by atoms with Crippen molar-refractivity contribution >= 4 is 32.4 Å². The molecule has 200 valence electrons. The number of anilines is 1. The first-order chi connectivity index (χ1) is 16.6. The van der Waals surface area contributed by atoms with Crippen molar-refractivity contribution in [1.82, 2.24) is 19.5 Å². The Hall–Kier alpha value is -1.53. The van der Waals surface area contributed by atoms with Crippen LogP contribution in [-0.2, 0) is 38.3 Å². The van der Waals surface area contributed by atoms with E-state index in [4.69, 9.17) is 22.6 Å². The van der Waals surface area contributed by atoms with Crippen LogP contribution in [0.25, 0.3) is 11.2 Å². The van der Waals surface area contributed by atoms with E-state index in [9.17, 15) is 9.13 Å². The second-order valence-corrected chi connectivity index (χ2v) is 11.0. The highest BCUT2D eigenvalue weighted by atomic mass is 31.2. The summed E-state index contributed by atoms with van der Waals surface area (Å²) in [4.78, 5) is 12.5. The van der Waals surface area contributed by atoms with Crippen LogP contribution in [0.15, 0.2) is 12.7 Å². The molecule has 35 heavy (non-hydrogen) atoms. The molecule has 0 aliphatic carbocycles. The van der Waals surface area contributed by atoms with E-state index in [2.05, 4.69) is 20.3 Å². The SMILES string of the molecule is CCOP(=O)(OCC)OC[C@H](Cn1cnc2c(NC)ncnc21)CC(F)(F)P(=O)(OCC)OCC. The van der Waals surface area contributed by atoms with Crippen LogP contribution in [0, 0.1) is 5.92 Å². The molecule has 2 aromatic rings. The first-order valence-corrected chi connectivity index (χ1v) is 14.2. The highest BCUT2D eigenvalue weighted by molar-refractivity contribution is 7.55. The van der Waals surface area contributed by atoms with E-state index in [0.717, 1.165) is 0 Å². The van der Waals surface area contributed by atoms with E-state index in [0.29, 0.717) is 17.0 Å². The summed E-state index contributed by atoms with van der Waals surface area (Å²) in [7, 11) is -7.13. The number of rotatable bonds is 17. The van der Waals surface area contributed by atoms with Gasteiger partial charge in [-0.2, -0.15) is 8.78 Å². The molecule has 0 fully saturated rings. The van der Waals surface area contributed by atoms with Gasteiger partial charge < -0.3 is 18.9 Å². The molecule has 0 unspecified atom stereocenters. The third-order valence-corrected chi connectivity index (χ3v) is 8.46. The van der Waals surface area contributed by atoms with Crippen LogP contribution in [0.3, 0.4) is 0 Å². The molecule has 0 bridgehead atoms. The highest BCUT2D eigenvalue weighted by Gasteiger charge is 2.54. The monoisotopic (exact) mass is 543 g/mol. The molecule has 16 heteroatoms. The number of alkyl halides is 2. The van der Waals surface area contributed by atoms with Crippen LogP contribution in [0.4, 0.5) is 14.6 Å². The maximum absolute atomic E-state index is 15.3. The number of hydrogen-bond donors (Lipinski definition) is 1. The fourth-order valence-electron chi connectivity index (χ4n) is 3.30. The Morgan fingerprint density at radius 1 is 0.971 bits per heavy atom. The number of aromatic nitrogens is 4. The van der Waals surface area contributed by atoms with Gasteiger partial charge in [-0.05, 0) is 27.7 Å². The first-order valence-electron chi connectivity index (χ1n) is 11.2. The Kier molecular flexibility index (Phi) is 11.1. The van der Waals surface area contributed by atoms with Gasteiger partial charge in [0.15, 0.2) is 11.5 Å². The van der Waals surface area contributed by atoms with Crippen molar-refractivity contribution in [2.75, 3.05) is 45.4 Å². The lowest BCUT2D eigenvalue weighted by molar-refractivity contribution is 0.00476. The lowest BCUT2D eigenvalue weighted by Gasteiger charge is -2.29. The highest BCUT2D eigenvalue weighted by Crippen LogP contribution is 2.64. The van der Waals surface area contributed by atoms with Crippen molar-refractivity contribution in [3.8, 4) is 0 Å². The Labute approximate surface area is 203 Å². The number of nitrogens with zero attached hydrogens (tertiary/aromatic N) is 4. The molecule has 0 aliphatic rings. The minimum atomic E-state index is -4.80. The average molecular weight is 543 g/mol. The summed E-state index contributed by atoms with van der Waals surface area (Å²) < 4.78 is 83.2. The molecular formula is C19H33F2N5O7P2. The van der Waals surface area contributed by atoms with Crippen LogP contribution in [0.5, 0.6) is 0 Å². The molecule has 2 heterocycles. The quantitative estimate of drug-likeness (QED) is 0.272. The van der Waals surface area contributed by atoms with Gasteiger partial charge in [0, 0.05) is 25.9 Å². The van der Waals surface area contributed by atoms with Crippen LogP contribution in [0.1, 0.15) is 34.1 Å². The molecule has 0 radical (unpaired) electrons. The third kappa shape index (κ3) is 7.48. The zero-order valence-corrected chi connectivity index (χ0v) is 22.3. The smallest absolute Gasteiger partial charge is 0.371 e. The summed E-state index contributed by atoms with van der Waals surface area (Å²) in [5.41, 5.74) is -3.05. The van der Waals surface area contributed by atoms with Gasteiger partial charge in [0.05, 0.1) is 39.4 Å². The number of fused-ring (bicyclic) bond motifs is 1. The van der Waals surface area contributed by atoms with Crippen molar-refractivity contribution in [2.24, 2.45) is 5.92 Å². The number of imidazole rings is 1. The molecule has 12 nitrogen and oxygen atoms in total. The van der Waals surface area contributed by atoms with E-state index in [1.807, 2.05) is 0 Å². The molecule has 0 amide bonds. The van der Waals surface area contributed by atoms with E-state index in [1.54, 1.807) is 20.9 Å². The maximum atomic E-state index is 15.3. The summed E-state index contributed by atoms with van der Waals surface area (Å²) in [6.45, 7) is 5.11. The van der Waals surface area contributed by atoms with Gasteiger partial charge in [0.25, 0.3) is 0 Å². The standard InChI is InChI=1S/C19H33F2N5O7P2/c1-6-29-34(27,30-7-2)19(20,21)10-15(12-33-35(28,31-8-3)32-9-4)11-26-14-25-16-17(22-5)23-13-24-18(16)26/h13-15H,6-12H2,1-5H3,(H,22,23,24)/t15-/m0/s1. The van der Waals surface area contributed by atoms with Gasteiger partial charge in [0.2, 0.25) is 0 Å². The molecule has 0 spiro atoms. The zero-order valence-electron chi connectivity index (χ0n) is 20.5. The van der Waals surface area contributed by atoms with Crippen LogP contribution in [0.2, 0.25) is 0 Å². The molecule has 0 saturated carbocycles. The topological polar surface area (TPSA) is 136 Å². The van der Waals surface area contributed by atoms with Gasteiger partial charge >= 0.3 is 21.1 Å². The summed E-state index contributed by atoms with van der Waals surface area (Å²) in [6.07, 6.45) is 1.76. The molecule has 0 aliphatic heterocycles. The van der Waals surface area contributed by atoms with Crippen molar-refractivity contribution in [3.63, 3.8) is 0 Å². The van der Waals surface area contributed by atoms with Crippen molar-refractivity contribution in [2.45, 2.75) is 46.3 Å². The summed E-state index contributed by atoms with van der Waals surface area (Å²) in [6, 6.07) is 0. The lowest BCUT2D eigenvalue weighted by Crippen LogP contribution is -2.28. The second-order valence-electron chi connectivity index (χ2n) is 7.19. The zero-order chi connectivity index (χ0) is 26.1. The van der Waals surface area contributed by atoms with Gasteiger partial charge in [-0.25, -0.2) is 19.5 Å². The van der Waals surface area contributed by atoms with Gasteiger partial charge in [-0.1, -0.05) is 0 Å². The lowest BCUT2D eigenvalue weighted by atomic mass is 10.1. The Bertz CT molecular complexity index is 1020. The van der Waals surface area contributed by atoms with Crippen molar-refractivity contribution < 1.29 is 40.5 Å². The Morgan fingerprint density at radius 2 is 1.57 bits per heavy atom. The Morgan fingerprint density at radius 3 is 2.11 bits per heavy atom. The third-order valence-electron chi connectivity index (χ3n) is 4.67. The number of hydrogen-bond acceptors (Lipinski definition) is 11. The second kappa shape index (κ2) is 13.1. The normalized spacial score (nSPS) is 13.9. The molecular weight excluding hydrogens is 510 g/mol. The Balaban J connectivity index is 2.39. The molecule has 0 aromatic carbocycles. The molecule has 0 saturated heterocycles. The number of nitrogens with one attached hydrogen (secondary N) is 1. The van der Waals surface area contributed by atoms with E-state index < -0.39 is 40.0 Å². The number of phosphoric acid groups is 1. The van der Waals surface area contributed by atoms with Crippen LogP contribution < -0.4 is 5.32 Å². The van der Waals surface area contributed by atoms with Gasteiger partial charge in [-0.15, -0.1) is 0 Å². The minimum Gasteiger partial charge on any atom is -0.371 e. The largest absolute Gasteiger partial charge is 0.474 e. The van der Waals surface area contributed by atoms with Crippen LogP contribution in [-0.4, -0.2) is 65.3 Å². The molecule has 2 rings (SSSR count). The van der Waals surface area contributed by atoms with Crippen molar-refractivity contribution in [3.05, 3.63) is 12.7 Å². The number of halogens is 2. The minimum absolute atomic E-state index is 0.0257. The fraction of sp³-hybridized carbons (Fsp3) is 0.737. The predicted octanol–water partition coefficient (Wildman–Crippen LogP) is 4.93. The predicted molar refractivity (Wildman–Crippen MR) is 126 cm³/mol. The maximum Gasteiger partial charge on any atom is 0.474 e. The first kappa shape index (κ1) is 29.7. The molecule has 2 aromatic heterocycles. The summed E-state index contributed by atoms with van der Waals surface area (Å²) in [5.74, 6) is -0.583. The summed E-state index contributed by atoms with van der Waals surface area (Å²) in [5, 5.41) is 2.88. The van der Waals surface area contributed by atoms with Gasteiger partial charge in [-0.3, -0.25) is 18.1 Å². The summed E-state index contributed by atoms with van der Waals surface area (Å²) >= 11 is 0. The average Bonchev–Trinajstić information content (AvgIpc) is 3.21. The fourth-order valence-corrected chi connectivity index (χ4v) is 6.16. The van der Waals surface area contributed by atoms with Crippen LogP contribution >= 0.6 is 15.4 Å². The van der Waals surface area contributed by atoms with Crippen molar-refractivity contribution in [1.29, 1.82) is 0 Å². The van der Waals surface area contributed by atoms with Gasteiger partial charge in [0.1, 0.15) is 11.8 Å². The van der Waals surface area contributed by atoms with E-state index in [1.165, 1.54) is 31.1 Å².